The molecule has 8 nitrogen and oxygen atoms in total. The van der Waals surface area contributed by atoms with Crippen molar-refractivity contribution in [3.05, 3.63) is 61.8 Å². The van der Waals surface area contributed by atoms with Crippen molar-refractivity contribution in [2.45, 2.75) is 63.8 Å². The third-order valence-corrected chi connectivity index (χ3v) is 9.20. The first-order valence-corrected chi connectivity index (χ1v) is 13.3. The smallest absolute Gasteiger partial charge is 0.296 e. The fourth-order valence-electron chi connectivity index (χ4n) is 7.05. The summed E-state index contributed by atoms with van der Waals surface area (Å²) in [5.41, 5.74) is -0.481. The number of fused-ring (bicyclic) bond motifs is 6. The summed E-state index contributed by atoms with van der Waals surface area (Å²) in [5, 5.41) is 21.0. The number of rotatable bonds is 5. The number of amides is 2. The number of aliphatic hydroxyl groups is 1. The lowest BCUT2D eigenvalue weighted by molar-refractivity contribution is -0.0274. The van der Waals surface area contributed by atoms with Crippen LogP contribution < -0.4 is 5.56 Å². The number of halogens is 2. The minimum atomic E-state index is -0.862. The Morgan fingerprint density at radius 3 is 2.62 bits per heavy atom. The maximum absolute atomic E-state index is 14.0. The van der Waals surface area contributed by atoms with E-state index in [0.29, 0.717) is 42.9 Å². The third-order valence-electron chi connectivity index (χ3n) is 8.91. The van der Waals surface area contributed by atoms with Crippen molar-refractivity contribution in [1.82, 2.24) is 14.4 Å². The number of carbonyl (C=O) groups is 2. The van der Waals surface area contributed by atoms with E-state index in [2.05, 4.69) is 0 Å². The van der Waals surface area contributed by atoms with Crippen molar-refractivity contribution in [3.8, 4) is 5.75 Å². The van der Waals surface area contributed by atoms with Crippen LogP contribution >= 0.6 is 11.6 Å². The van der Waals surface area contributed by atoms with Crippen molar-refractivity contribution >= 4 is 23.4 Å². The molecule has 6 rings (SSSR count). The fraction of sp³-hybridized carbons (Fsp3) is 0.519. The van der Waals surface area contributed by atoms with E-state index in [-0.39, 0.29) is 41.2 Å². The van der Waals surface area contributed by atoms with Crippen molar-refractivity contribution in [2.24, 2.45) is 11.8 Å². The predicted octanol–water partition coefficient (Wildman–Crippen LogP) is 3.24. The molecule has 1 unspecified atom stereocenters. The molecule has 0 radical (unpaired) electrons. The summed E-state index contributed by atoms with van der Waals surface area (Å²) in [5.74, 6) is -1.52. The van der Waals surface area contributed by atoms with Crippen LogP contribution in [0.25, 0.3) is 0 Å². The Kier molecular flexibility index (Phi) is 5.65. The molecule has 2 saturated carbocycles. The highest BCUT2D eigenvalue weighted by molar-refractivity contribution is 6.30. The second kappa shape index (κ2) is 8.56. The second-order valence-corrected chi connectivity index (χ2v) is 11.3. The molecule has 2 aromatic rings. The quantitative estimate of drug-likeness (QED) is 0.619. The number of carbonyl (C=O) groups excluding carboxylic acids is 2. The van der Waals surface area contributed by atoms with Gasteiger partial charge >= 0.3 is 0 Å². The van der Waals surface area contributed by atoms with Crippen LogP contribution in [-0.2, 0) is 18.6 Å². The monoisotopic (exact) mass is 529 g/mol. The molecule has 2 fully saturated rings. The van der Waals surface area contributed by atoms with Crippen molar-refractivity contribution in [1.29, 1.82) is 0 Å². The van der Waals surface area contributed by atoms with E-state index in [4.69, 9.17) is 11.6 Å². The van der Waals surface area contributed by atoms with Gasteiger partial charge in [-0.15, -0.1) is 0 Å². The number of aromatic nitrogens is 1. The largest absolute Gasteiger partial charge is 0.502 e. The first kappa shape index (κ1) is 24.4. The van der Waals surface area contributed by atoms with Gasteiger partial charge in [0, 0.05) is 31.1 Å². The number of aromatic hydroxyl groups is 1. The molecule has 1 aromatic heterocycles. The molecule has 2 aliphatic carbocycles. The van der Waals surface area contributed by atoms with Crippen LogP contribution in [0.5, 0.6) is 5.75 Å². The zero-order valence-electron chi connectivity index (χ0n) is 20.5. The summed E-state index contributed by atoms with van der Waals surface area (Å²) in [6.07, 6.45) is 3.49. The van der Waals surface area contributed by atoms with E-state index < -0.39 is 34.8 Å². The van der Waals surface area contributed by atoms with Crippen molar-refractivity contribution in [3.63, 3.8) is 0 Å². The molecule has 2 amide bonds. The summed E-state index contributed by atoms with van der Waals surface area (Å²) in [7, 11) is 0. The fourth-order valence-corrected chi connectivity index (χ4v) is 7.25. The van der Waals surface area contributed by atoms with Gasteiger partial charge < -0.3 is 20.0 Å². The number of benzene rings is 1. The minimum Gasteiger partial charge on any atom is -0.502 e. The van der Waals surface area contributed by atoms with Gasteiger partial charge in [-0.1, -0.05) is 17.7 Å². The van der Waals surface area contributed by atoms with E-state index in [1.54, 1.807) is 11.8 Å². The highest BCUT2D eigenvalue weighted by Crippen LogP contribution is 2.60. The van der Waals surface area contributed by atoms with E-state index in [0.717, 1.165) is 19.3 Å². The SMILES string of the molecule is CC(O)CCN1C(=O)c2c3c(c(O)c(=O)n2[C@@]12CC[C@H]1CC[C@H]12)C(=O)N(Cc1ccc(F)c(Cl)c1)CC3. The molecule has 2 aliphatic heterocycles. The van der Waals surface area contributed by atoms with Crippen molar-refractivity contribution < 1.29 is 24.2 Å². The van der Waals surface area contributed by atoms with Gasteiger partial charge in [-0.3, -0.25) is 19.0 Å². The number of aliphatic hydroxyl groups excluding tert-OH is 1. The van der Waals surface area contributed by atoms with Crippen LogP contribution in [0.4, 0.5) is 4.39 Å². The van der Waals surface area contributed by atoms with Crippen LogP contribution in [0, 0.1) is 17.7 Å². The van der Waals surface area contributed by atoms with Gasteiger partial charge in [-0.05, 0) is 69.1 Å². The third kappa shape index (κ3) is 3.39. The molecule has 0 bridgehead atoms. The van der Waals surface area contributed by atoms with Gasteiger partial charge in [-0.25, -0.2) is 4.39 Å². The topological polar surface area (TPSA) is 103 Å². The molecule has 1 spiro atoms. The molecule has 10 heteroatoms. The minimum absolute atomic E-state index is 0.0553. The maximum atomic E-state index is 14.0. The van der Waals surface area contributed by atoms with Crippen LogP contribution in [0.1, 0.15) is 71.0 Å². The molecule has 4 aliphatic rings. The van der Waals surface area contributed by atoms with Gasteiger partial charge in [0.05, 0.1) is 16.7 Å². The van der Waals surface area contributed by atoms with Crippen LogP contribution in [0.3, 0.4) is 0 Å². The van der Waals surface area contributed by atoms with E-state index >= 15 is 0 Å². The maximum Gasteiger partial charge on any atom is 0.296 e. The lowest BCUT2D eigenvalue weighted by atomic mass is 9.72. The lowest BCUT2D eigenvalue weighted by Crippen LogP contribution is -2.55. The lowest BCUT2D eigenvalue weighted by Gasteiger charge is -2.46. The number of pyridine rings is 1. The average molecular weight is 530 g/mol. The molecule has 37 heavy (non-hydrogen) atoms. The highest BCUT2D eigenvalue weighted by Gasteiger charge is 2.63. The summed E-state index contributed by atoms with van der Waals surface area (Å²) in [6, 6.07) is 4.20. The van der Waals surface area contributed by atoms with Gasteiger partial charge in [0.2, 0.25) is 0 Å². The first-order chi connectivity index (χ1) is 17.6. The van der Waals surface area contributed by atoms with Gasteiger partial charge in [0.15, 0.2) is 5.75 Å². The Labute approximate surface area is 218 Å². The molecular formula is C27H29ClFN3O5. The number of hydrogen-bond acceptors (Lipinski definition) is 5. The molecule has 0 saturated heterocycles. The molecular weight excluding hydrogens is 501 g/mol. The summed E-state index contributed by atoms with van der Waals surface area (Å²) >= 11 is 5.90. The number of hydrogen-bond donors (Lipinski definition) is 2. The molecule has 1 aromatic carbocycles. The van der Waals surface area contributed by atoms with Gasteiger partial charge in [-0.2, -0.15) is 0 Å². The Morgan fingerprint density at radius 1 is 1.19 bits per heavy atom. The summed E-state index contributed by atoms with van der Waals surface area (Å²) < 4.78 is 15.1. The predicted molar refractivity (Wildman–Crippen MR) is 133 cm³/mol. The Hall–Kier alpha value is -2.91. The zero-order valence-corrected chi connectivity index (χ0v) is 21.3. The van der Waals surface area contributed by atoms with Crippen molar-refractivity contribution in [2.75, 3.05) is 13.1 Å². The van der Waals surface area contributed by atoms with E-state index in [9.17, 15) is 29.0 Å². The van der Waals surface area contributed by atoms with E-state index in [1.165, 1.54) is 27.7 Å². The Bertz CT molecular complexity index is 1390. The molecule has 3 heterocycles. The first-order valence-electron chi connectivity index (χ1n) is 12.9. The second-order valence-electron chi connectivity index (χ2n) is 10.9. The molecule has 4 atom stereocenters. The van der Waals surface area contributed by atoms with Gasteiger partial charge in [0.1, 0.15) is 17.2 Å². The molecule has 196 valence electrons. The molecule has 2 N–H and O–H groups in total. The Morgan fingerprint density at radius 2 is 1.97 bits per heavy atom. The van der Waals surface area contributed by atoms with Crippen LogP contribution in [0.15, 0.2) is 23.0 Å². The van der Waals surface area contributed by atoms with E-state index in [1.807, 2.05) is 0 Å². The Balaban J connectivity index is 1.44. The normalized spacial score (nSPS) is 26.8. The average Bonchev–Trinajstić information content (AvgIpc) is 3.22. The highest BCUT2D eigenvalue weighted by atomic mass is 35.5. The summed E-state index contributed by atoms with van der Waals surface area (Å²) in [6.45, 7) is 2.36. The van der Waals surface area contributed by atoms with Gasteiger partial charge in [0.25, 0.3) is 17.4 Å². The van der Waals surface area contributed by atoms with Crippen LogP contribution in [0.2, 0.25) is 5.02 Å². The zero-order chi connectivity index (χ0) is 26.2. The standard InChI is InChI=1S/C27H29ClFN3O5/c1-14(33)7-11-31-25(36)22-17-8-10-30(13-15-2-5-20(29)19(28)12-15)24(35)21(17)23(34)26(37)32(22)27(31)9-6-16-3-4-18(16)27/h2,5,12,14,16,18,33-34H,3-4,6-11,13H2,1H3/t14?,16-,18-,27-/m1/s1. The van der Waals surface area contributed by atoms with Crippen LogP contribution in [-0.4, -0.2) is 55.6 Å². The number of nitrogens with zero attached hydrogens (tertiary/aromatic N) is 3. The summed E-state index contributed by atoms with van der Waals surface area (Å²) in [4.78, 5) is 44.5.